The zero-order chi connectivity index (χ0) is 19.8. The van der Waals surface area contributed by atoms with Gasteiger partial charge in [-0.1, -0.05) is 48.5 Å². The molecule has 0 bridgehead atoms. The van der Waals surface area contributed by atoms with E-state index in [4.69, 9.17) is 4.74 Å². The van der Waals surface area contributed by atoms with E-state index in [2.05, 4.69) is 12.1 Å². The van der Waals surface area contributed by atoms with Crippen molar-refractivity contribution in [3.05, 3.63) is 59.7 Å². The van der Waals surface area contributed by atoms with Crippen LogP contribution in [0.1, 0.15) is 24.0 Å². The second-order valence-corrected chi connectivity index (χ2v) is 8.73. The largest absolute Gasteiger partial charge is 0.480 e. The van der Waals surface area contributed by atoms with Crippen LogP contribution in [0, 0.1) is 0 Å². The van der Waals surface area contributed by atoms with Crippen LogP contribution in [0.4, 0.5) is 4.79 Å². The third-order valence-electron chi connectivity index (χ3n) is 5.41. The summed E-state index contributed by atoms with van der Waals surface area (Å²) in [7, 11) is -1.25. The molecule has 4 rings (SSSR count). The molecule has 3 atom stereocenters. The topological polar surface area (TPSA) is 83.9 Å². The molecule has 0 aromatic heterocycles. The van der Waals surface area contributed by atoms with Crippen molar-refractivity contribution in [2.24, 2.45) is 0 Å². The maximum absolute atomic E-state index is 12.8. The summed E-state index contributed by atoms with van der Waals surface area (Å²) in [6.07, 6.45) is -0.668. The molecule has 0 saturated carbocycles. The number of carbonyl (C=O) groups excluding carboxylic acids is 1. The van der Waals surface area contributed by atoms with E-state index in [1.807, 2.05) is 36.4 Å². The summed E-state index contributed by atoms with van der Waals surface area (Å²) in [6, 6.07) is 14.5. The SMILES string of the molecule is CC1CS(=O)CC(C(=O)O)N1C(=O)OCC1c2ccccc2-c2ccccc21. The number of nitrogens with zero attached hydrogens (tertiary/aromatic N) is 1. The van der Waals surface area contributed by atoms with Gasteiger partial charge in [0, 0.05) is 28.5 Å². The van der Waals surface area contributed by atoms with Gasteiger partial charge in [0.15, 0.2) is 0 Å². The second kappa shape index (κ2) is 7.39. The number of amides is 1. The smallest absolute Gasteiger partial charge is 0.410 e. The molecule has 0 spiro atoms. The third kappa shape index (κ3) is 3.20. The predicted molar refractivity (Wildman–Crippen MR) is 106 cm³/mol. The van der Waals surface area contributed by atoms with Crippen molar-refractivity contribution in [1.29, 1.82) is 0 Å². The molecule has 1 aliphatic carbocycles. The number of carbonyl (C=O) groups is 2. The van der Waals surface area contributed by atoms with E-state index in [1.165, 1.54) is 4.90 Å². The van der Waals surface area contributed by atoms with Crippen LogP contribution in [-0.4, -0.2) is 56.5 Å². The second-order valence-electron chi connectivity index (χ2n) is 7.19. The Kier molecular flexibility index (Phi) is 4.93. The van der Waals surface area contributed by atoms with Gasteiger partial charge >= 0.3 is 12.1 Å². The first kappa shape index (κ1) is 18.7. The van der Waals surface area contributed by atoms with Crippen LogP contribution < -0.4 is 0 Å². The number of hydrogen-bond acceptors (Lipinski definition) is 4. The van der Waals surface area contributed by atoms with Crippen molar-refractivity contribution in [3.63, 3.8) is 0 Å². The maximum atomic E-state index is 12.8. The number of ether oxygens (including phenoxy) is 1. The van der Waals surface area contributed by atoms with Crippen LogP contribution in [0.25, 0.3) is 11.1 Å². The van der Waals surface area contributed by atoms with Gasteiger partial charge in [-0.15, -0.1) is 0 Å². The molecule has 0 radical (unpaired) electrons. The first-order valence-corrected chi connectivity index (χ1v) is 10.7. The highest BCUT2D eigenvalue weighted by molar-refractivity contribution is 7.85. The van der Waals surface area contributed by atoms with Gasteiger partial charge in [-0.2, -0.15) is 0 Å². The summed E-state index contributed by atoms with van der Waals surface area (Å²) in [6.45, 7) is 1.83. The molecule has 1 aliphatic heterocycles. The number of benzene rings is 2. The van der Waals surface area contributed by atoms with Crippen LogP contribution in [0.5, 0.6) is 0 Å². The lowest BCUT2D eigenvalue weighted by Crippen LogP contribution is -2.57. The highest BCUT2D eigenvalue weighted by atomic mass is 32.2. The van der Waals surface area contributed by atoms with Crippen molar-refractivity contribution in [2.75, 3.05) is 18.1 Å². The molecular formula is C21H21NO5S. The molecule has 2 aromatic carbocycles. The Balaban J connectivity index is 1.55. The Labute approximate surface area is 165 Å². The molecule has 1 fully saturated rings. The van der Waals surface area contributed by atoms with Gasteiger partial charge in [0.25, 0.3) is 0 Å². The van der Waals surface area contributed by atoms with Crippen LogP contribution in [0.3, 0.4) is 0 Å². The molecule has 2 aliphatic rings. The summed E-state index contributed by atoms with van der Waals surface area (Å²) in [5, 5.41) is 9.45. The van der Waals surface area contributed by atoms with Crippen molar-refractivity contribution in [2.45, 2.75) is 24.9 Å². The lowest BCUT2D eigenvalue weighted by Gasteiger charge is -2.37. The van der Waals surface area contributed by atoms with Gasteiger partial charge < -0.3 is 9.84 Å². The Morgan fingerprint density at radius 2 is 1.64 bits per heavy atom. The van der Waals surface area contributed by atoms with E-state index in [1.54, 1.807) is 6.92 Å². The van der Waals surface area contributed by atoms with E-state index in [0.29, 0.717) is 0 Å². The first-order valence-electron chi connectivity index (χ1n) is 9.18. The van der Waals surface area contributed by atoms with Gasteiger partial charge in [-0.05, 0) is 29.2 Å². The molecular weight excluding hydrogens is 378 g/mol. The molecule has 1 saturated heterocycles. The van der Waals surface area contributed by atoms with Crippen molar-refractivity contribution >= 4 is 22.9 Å². The van der Waals surface area contributed by atoms with Crippen molar-refractivity contribution < 1.29 is 23.6 Å². The van der Waals surface area contributed by atoms with Crippen LogP contribution >= 0.6 is 0 Å². The maximum Gasteiger partial charge on any atom is 0.410 e. The molecule has 1 N–H and O–H groups in total. The van der Waals surface area contributed by atoms with Crippen molar-refractivity contribution in [3.8, 4) is 11.1 Å². The quantitative estimate of drug-likeness (QED) is 0.858. The lowest BCUT2D eigenvalue weighted by atomic mass is 9.98. The summed E-state index contributed by atoms with van der Waals surface area (Å²) >= 11 is 0. The molecule has 6 nitrogen and oxygen atoms in total. The zero-order valence-corrected chi connectivity index (χ0v) is 16.2. The Bertz CT molecular complexity index is 914. The normalized spacial score (nSPS) is 23.8. The van der Waals surface area contributed by atoms with Crippen LogP contribution in [0.2, 0.25) is 0 Å². The highest BCUT2D eigenvalue weighted by Gasteiger charge is 2.41. The van der Waals surface area contributed by atoms with Gasteiger partial charge in [0.1, 0.15) is 12.6 Å². The Morgan fingerprint density at radius 3 is 2.21 bits per heavy atom. The van der Waals surface area contributed by atoms with Gasteiger partial charge in [-0.25, -0.2) is 9.59 Å². The molecule has 1 amide bonds. The first-order chi connectivity index (χ1) is 13.5. The minimum Gasteiger partial charge on any atom is -0.480 e. The minimum absolute atomic E-state index is 0.0656. The molecule has 1 heterocycles. The molecule has 28 heavy (non-hydrogen) atoms. The predicted octanol–water partition coefficient (Wildman–Crippen LogP) is 2.84. The summed E-state index contributed by atoms with van der Waals surface area (Å²) in [5.41, 5.74) is 4.45. The van der Waals surface area contributed by atoms with Crippen LogP contribution in [0.15, 0.2) is 48.5 Å². The van der Waals surface area contributed by atoms with E-state index in [9.17, 15) is 18.9 Å². The van der Waals surface area contributed by atoms with E-state index >= 15 is 0 Å². The summed E-state index contributed by atoms with van der Waals surface area (Å²) in [5.74, 6) is -1.06. The fraction of sp³-hybridized carbons (Fsp3) is 0.333. The Hall–Kier alpha value is -2.67. The van der Waals surface area contributed by atoms with Gasteiger partial charge in [-0.3, -0.25) is 9.11 Å². The third-order valence-corrected chi connectivity index (χ3v) is 6.96. The van der Waals surface area contributed by atoms with E-state index in [0.717, 1.165) is 22.3 Å². The summed E-state index contributed by atoms with van der Waals surface area (Å²) in [4.78, 5) is 25.5. The fourth-order valence-electron chi connectivity index (χ4n) is 4.15. The number of rotatable bonds is 3. The summed E-state index contributed by atoms with van der Waals surface area (Å²) < 4.78 is 17.5. The highest BCUT2D eigenvalue weighted by Crippen LogP contribution is 2.44. The fourth-order valence-corrected chi connectivity index (χ4v) is 5.64. The number of aliphatic carboxylic acids is 1. The van der Waals surface area contributed by atoms with Crippen molar-refractivity contribution in [1.82, 2.24) is 4.90 Å². The molecule has 3 unspecified atom stereocenters. The average molecular weight is 399 g/mol. The number of fused-ring (bicyclic) bond motifs is 3. The monoisotopic (exact) mass is 399 g/mol. The minimum atomic E-state index is -1.25. The number of carboxylic acids is 1. The Morgan fingerprint density at radius 1 is 1.07 bits per heavy atom. The van der Waals surface area contributed by atoms with E-state index in [-0.39, 0.29) is 24.0 Å². The lowest BCUT2D eigenvalue weighted by molar-refractivity contribution is -0.142. The van der Waals surface area contributed by atoms with Crippen LogP contribution in [-0.2, 0) is 20.3 Å². The molecule has 146 valence electrons. The standard InChI is InChI=1S/C21H21NO5S/c1-13-11-28(26)12-19(20(23)24)22(13)21(25)27-10-18-16-8-4-2-6-14(16)15-7-3-5-9-17(15)18/h2-9,13,18-19H,10-12H2,1H3,(H,23,24). The molecule has 2 aromatic rings. The van der Waals surface area contributed by atoms with E-state index < -0.39 is 34.9 Å². The average Bonchev–Trinajstić information content (AvgIpc) is 2.99. The van der Waals surface area contributed by atoms with Gasteiger partial charge in [0.05, 0.1) is 5.75 Å². The van der Waals surface area contributed by atoms with Gasteiger partial charge in [0.2, 0.25) is 0 Å². The number of carboxylic acid groups (broad SMARTS) is 1. The zero-order valence-electron chi connectivity index (χ0n) is 15.4. The number of hydrogen-bond donors (Lipinski definition) is 1. The molecule has 7 heteroatoms.